The van der Waals surface area contributed by atoms with Crippen LogP contribution in [0.5, 0.6) is 0 Å². The maximum absolute atomic E-state index is 10.9. The summed E-state index contributed by atoms with van der Waals surface area (Å²) in [5, 5.41) is 41.6. The molecule has 0 amide bonds. The molecule has 4 aliphatic carbocycles. The molecule has 23 heavy (non-hydrogen) atoms. The maximum Gasteiger partial charge on any atom is 0.0855 e. The zero-order valence-corrected chi connectivity index (χ0v) is 14.2. The summed E-state index contributed by atoms with van der Waals surface area (Å²) in [7, 11) is 0. The van der Waals surface area contributed by atoms with Crippen molar-refractivity contribution < 1.29 is 20.4 Å². The van der Waals surface area contributed by atoms with Crippen molar-refractivity contribution in [3.8, 4) is 0 Å². The molecule has 0 aromatic rings. The van der Waals surface area contributed by atoms with Crippen LogP contribution in [0.4, 0.5) is 0 Å². The highest BCUT2D eigenvalue weighted by atomic mass is 16.3. The van der Waals surface area contributed by atoms with Crippen LogP contribution in [-0.2, 0) is 0 Å². The van der Waals surface area contributed by atoms with Gasteiger partial charge in [-0.2, -0.15) is 0 Å². The zero-order chi connectivity index (χ0) is 16.6. The lowest BCUT2D eigenvalue weighted by Crippen LogP contribution is -2.56. The molecule has 4 aliphatic rings. The number of hydrogen-bond acceptors (Lipinski definition) is 4. The molecule has 4 N–H and O–H groups in total. The van der Waals surface area contributed by atoms with Gasteiger partial charge in [0.2, 0.25) is 0 Å². The Balaban J connectivity index is 1.73. The van der Waals surface area contributed by atoms with Crippen LogP contribution in [0.1, 0.15) is 52.4 Å². The molecule has 0 saturated heterocycles. The minimum Gasteiger partial charge on any atom is -0.392 e. The number of aliphatic hydroxyl groups is 4. The van der Waals surface area contributed by atoms with Gasteiger partial charge in [0.25, 0.3) is 0 Å². The van der Waals surface area contributed by atoms with Crippen molar-refractivity contribution in [2.45, 2.75) is 76.8 Å². The van der Waals surface area contributed by atoms with E-state index in [1.165, 1.54) is 5.57 Å². The van der Waals surface area contributed by atoms with Crippen molar-refractivity contribution >= 4 is 0 Å². The van der Waals surface area contributed by atoms with Crippen molar-refractivity contribution in [1.29, 1.82) is 0 Å². The van der Waals surface area contributed by atoms with Crippen LogP contribution in [0.25, 0.3) is 0 Å². The van der Waals surface area contributed by atoms with Crippen LogP contribution >= 0.6 is 0 Å². The standard InChI is InChI=1S/C19H30O4/c1-18-5-3-11(20)7-10(18)8-14(21)16-12(18)4-6-19(2)13(16)9-15(22)17(19)23/h7,11-17,20-23H,3-6,8-9H2,1-2H3/t11?,12-,13-,14?,15?,16+,17?,18-,19-/m0/s1. The summed E-state index contributed by atoms with van der Waals surface area (Å²) in [4.78, 5) is 0. The molecule has 0 aromatic heterocycles. The summed E-state index contributed by atoms with van der Waals surface area (Å²) in [6.45, 7) is 4.40. The Morgan fingerprint density at radius 2 is 1.70 bits per heavy atom. The topological polar surface area (TPSA) is 80.9 Å². The van der Waals surface area contributed by atoms with Gasteiger partial charge < -0.3 is 20.4 Å². The van der Waals surface area contributed by atoms with E-state index < -0.39 is 18.3 Å². The SMILES string of the molecule is C[C@]12CCC(O)C=C1CC(O)[C@@H]1[C@@H]2CC[C@]2(C)C(O)C(O)C[C@@H]12. The molecule has 0 spiro atoms. The van der Waals surface area contributed by atoms with E-state index in [2.05, 4.69) is 13.8 Å². The van der Waals surface area contributed by atoms with Gasteiger partial charge in [0.15, 0.2) is 0 Å². The van der Waals surface area contributed by atoms with E-state index in [0.717, 1.165) is 25.7 Å². The predicted molar refractivity (Wildman–Crippen MR) is 86.5 cm³/mol. The average Bonchev–Trinajstić information content (AvgIpc) is 2.73. The van der Waals surface area contributed by atoms with E-state index in [4.69, 9.17) is 0 Å². The highest BCUT2D eigenvalue weighted by Crippen LogP contribution is 2.65. The first-order valence-electron chi connectivity index (χ1n) is 9.21. The molecule has 3 saturated carbocycles. The first-order chi connectivity index (χ1) is 10.8. The fourth-order valence-electron chi connectivity index (χ4n) is 6.67. The minimum absolute atomic E-state index is 0.0585. The number of hydrogen-bond donors (Lipinski definition) is 4. The first kappa shape index (κ1) is 16.1. The Kier molecular flexibility index (Phi) is 3.52. The van der Waals surface area contributed by atoms with Gasteiger partial charge in [-0.1, -0.05) is 25.5 Å². The lowest BCUT2D eigenvalue weighted by molar-refractivity contribution is -0.124. The summed E-state index contributed by atoms with van der Waals surface area (Å²) < 4.78 is 0. The van der Waals surface area contributed by atoms with E-state index in [9.17, 15) is 20.4 Å². The normalized spacial score (nSPS) is 58.9. The summed E-state index contributed by atoms with van der Waals surface area (Å²) in [5.41, 5.74) is 1.02. The predicted octanol–water partition coefficient (Wildman–Crippen LogP) is 1.61. The number of rotatable bonds is 0. The number of fused-ring (bicyclic) bond motifs is 5. The van der Waals surface area contributed by atoms with Crippen molar-refractivity contribution in [1.82, 2.24) is 0 Å². The highest BCUT2D eigenvalue weighted by molar-refractivity contribution is 5.27. The molecule has 0 aliphatic heterocycles. The summed E-state index contributed by atoms with van der Waals surface area (Å²) in [6, 6.07) is 0. The van der Waals surface area contributed by atoms with Gasteiger partial charge in [-0.3, -0.25) is 0 Å². The molecule has 4 rings (SSSR count). The summed E-state index contributed by atoms with van der Waals surface area (Å²) in [5.74, 6) is 0.727. The second kappa shape index (κ2) is 5.04. The van der Waals surface area contributed by atoms with Crippen LogP contribution < -0.4 is 0 Å². The Morgan fingerprint density at radius 1 is 0.957 bits per heavy atom. The van der Waals surface area contributed by atoms with Crippen molar-refractivity contribution in [3.63, 3.8) is 0 Å². The summed E-state index contributed by atoms with van der Waals surface area (Å²) in [6.07, 6.45) is 4.77. The second-order valence-corrected chi connectivity index (χ2v) is 9.07. The van der Waals surface area contributed by atoms with Crippen LogP contribution in [0.2, 0.25) is 0 Å². The molecule has 9 atom stereocenters. The lowest BCUT2D eigenvalue weighted by Gasteiger charge is -2.59. The molecule has 0 bridgehead atoms. The molecule has 4 unspecified atom stereocenters. The third-order valence-corrected chi connectivity index (χ3v) is 8.08. The Hall–Kier alpha value is -0.420. The van der Waals surface area contributed by atoms with Gasteiger partial charge in [0.1, 0.15) is 0 Å². The molecule has 130 valence electrons. The van der Waals surface area contributed by atoms with Crippen molar-refractivity contribution in [2.75, 3.05) is 0 Å². The van der Waals surface area contributed by atoms with E-state index in [1.54, 1.807) is 0 Å². The molecule has 0 aromatic carbocycles. The molecule has 0 radical (unpaired) electrons. The number of aliphatic hydroxyl groups excluding tert-OH is 4. The van der Waals surface area contributed by atoms with Gasteiger partial charge in [-0.05, 0) is 67.1 Å². The molecule has 3 fully saturated rings. The molecular weight excluding hydrogens is 292 g/mol. The molecule has 4 nitrogen and oxygen atoms in total. The highest BCUT2D eigenvalue weighted by Gasteiger charge is 2.63. The van der Waals surface area contributed by atoms with Crippen LogP contribution in [-0.4, -0.2) is 44.8 Å². The first-order valence-corrected chi connectivity index (χ1v) is 9.21. The zero-order valence-electron chi connectivity index (χ0n) is 14.2. The Morgan fingerprint density at radius 3 is 2.43 bits per heavy atom. The maximum atomic E-state index is 10.9. The van der Waals surface area contributed by atoms with Gasteiger partial charge in [-0.15, -0.1) is 0 Å². The Labute approximate surface area is 138 Å². The minimum atomic E-state index is -0.668. The van der Waals surface area contributed by atoms with E-state index >= 15 is 0 Å². The van der Waals surface area contributed by atoms with E-state index in [1.807, 2.05) is 6.08 Å². The fraction of sp³-hybridized carbons (Fsp3) is 0.895. The van der Waals surface area contributed by atoms with Gasteiger partial charge in [0, 0.05) is 0 Å². The van der Waals surface area contributed by atoms with Crippen LogP contribution in [0.3, 0.4) is 0 Å². The molecule has 0 heterocycles. The smallest absolute Gasteiger partial charge is 0.0855 e. The second-order valence-electron chi connectivity index (χ2n) is 9.07. The van der Waals surface area contributed by atoms with Gasteiger partial charge >= 0.3 is 0 Å². The average molecular weight is 322 g/mol. The van der Waals surface area contributed by atoms with Gasteiger partial charge in [-0.25, -0.2) is 0 Å². The largest absolute Gasteiger partial charge is 0.392 e. The van der Waals surface area contributed by atoms with Crippen LogP contribution in [0.15, 0.2) is 11.6 Å². The van der Waals surface area contributed by atoms with Gasteiger partial charge in [0.05, 0.1) is 24.4 Å². The van der Waals surface area contributed by atoms with E-state index in [-0.39, 0.29) is 28.8 Å². The molecular formula is C19H30O4. The third-order valence-electron chi connectivity index (χ3n) is 8.08. The lowest BCUT2D eigenvalue weighted by atomic mass is 9.46. The van der Waals surface area contributed by atoms with Crippen molar-refractivity contribution in [3.05, 3.63) is 11.6 Å². The van der Waals surface area contributed by atoms with E-state index in [0.29, 0.717) is 18.8 Å². The Bertz CT molecular complexity index is 531. The molecule has 4 heteroatoms. The van der Waals surface area contributed by atoms with Crippen molar-refractivity contribution in [2.24, 2.45) is 28.6 Å². The quantitative estimate of drug-likeness (QED) is 0.511. The fourth-order valence-corrected chi connectivity index (χ4v) is 6.67. The monoisotopic (exact) mass is 322 g/mol. The third kappa shape index (κ3) is 2.05. The van der Waals surface area contributed by atoms with Crippen LogP contribution in [0, 0.1) is 28.6 Å². The summed E-state index contributed by atoms with van der Waals surface area (Å²) >= 11 is 0.